The zero-order valence-corrected chi connectivity index (χ0v) is 8.40. The summed E-state index contributed by atoms with van der Waals surface area (Å²) in [5.74, 6) is 2.63. The highest BCUT2D eigenvalue weighted by molar-refractivity contribution is 7.15. The van der Waals surface area contributed by atoms with Crippen molar-refractivity contribution in [3.8, 4) is 12.3 Å². The highest BCUT2D eigenvalue weighted by Crippen LogP contribution is 2.24. The fourth-order valence-corrected chi connectivity index (χ4v) is 1.80. The Morgan fingerprint density at radius 1 is 1.58 bits per heavy atom. The van der Waals surface area contributed by atoms with Gasteiger partial charge in [-0.2, -0.15) is 0 Å². The van der Waals surface area contributed by atoms with Crippen LogP contribution in [0.2, 0.25) is 0 Å². The van der Waals surface area contributed by atoms with Gasteiger partial charge >= 0.3 is 0 Å². The monoisotopic (exact) mass is 180 g/mol. The van der Waals surface area contributed by atoms with Gasteiger partial charge in [-0.25, -0.2) is 4.98 Å². The van der Waals surface area contributed by atoms with Crippen molar-refractivity contribution in [2.75, 3.05) is 19.0 Å². The average Bonchev–Trinajstić information content (AvgIpc) is 2.34. The normalized spacial score (nSPS) is 9.50. The van der Waals surface area contributed by atoms with Crippen molar-refractivity contribution in [3.63, 3.8) is 0 Å². The maximum atomic E-state index is 5.23. The summed E-state index contributed by atoms with van der Waals surface area (Å²) in [6, 6.07) is 0. The Bertz CT molecular complexity index is 307. The van der Waals surface area contributed by atoms with Crippen LogP contribution in [-0.2, 0) is 6.42 Å². The Morgan fingerprint density at radius 2 is 2.25 bits per heavy atom. The van der Waals surface area contributed by atoms with E-state index in [0.717, 1.165) is 10.8 Å². The number of aryl methyl sites for hydroxylation is 1. The summed E-state index contributed by atoms with van der Waals surface area (Å²) in [5.41, 5.74) is 1.06. The van der Waals surface area contributed by atoms with E-state index >= 15 is 0 Å². The number of terminal acetylenes is 1. The zero-order valence-electron chi connectivity index (χ0n) is 7.59. The fourth-order valence-electron chi connectivity index (χ4n) is 0.861. The SMILES string of the molecule is C#CCc1sc(N(C)C)nc1C. The van der Waals surface area contributed by atoms with E-state index in [2.05, 4.69) is 10.9 Å². The standard InChI is InChI=1S/C9H12N2S/c1-5-6-8-7(2)10-9(12-8)11(3)4/h1H,6H2,2-4H3. The number of thiazole rings is 1. The van der Waals surface area contributed by atoms with E-state index in [9.17, 15) is 0 Å². The lowest BCUT2D eigenvalue weighted by Crippen LogP contribution is -2.07. The summed E-state index contributed by atoms with van der Waals surface area (Å²) < 4.78 is 0. The first kappa shape index (κ1) is 9.08. The van der Waals surface area contributed by atoms with Crippen LogP contribution in [0.5, 0.6) is 0 Å². The van der Waals surface area contributed by atoms with E-state index in [1.165, 1.54) is 4.88 Å². The summed E-state index contributed by atoms with van der Waals surface area (Å²) in [7, 11) is 3.97. The molecule has 0 aliphatic carbocycles. The van der Waals surface area contributed by atoms with Gasteiger partial charge in [0.25, 0.3) is 0 Å². The van der Waals surface area contributed by atoms with E-state index in [4.69, 9.17) is 6.42 Å². The van der Waals surface area contributed by atoms with Gasteiger partial charge in [0.2, 0.25) is 0 Å². The Morgan fingerprint density at radius 3 is 2.67 bits per heavy atom. The quantitative estimate of drug-likeness (QED) is 0.644. The minimum absolute atomic E-state index is 0.692. The Labute approximate surface area is 77.2 Å². The van der Waals surface area contributed by atoms with Crippen molar-refractivity contribution < 1.29 is 0 Å². The largest absolute Gasteiger partial charge is 0.354 e. The molecule has 0 N–H and O–H groups in total. The lowest BCUT2D eigenvalue weighted by atomic mass is 10.3. The smallest absolute Gasteiger partial charge is 0.185 e. The van der Waals surface area contributed by atoms with Gasteiger partial charge in [-0.05, 0) is 6.92 Å². The van der Waals surface area contributed by atoms with Crippen LogP contribution in [0.4, 0.5) is 5.13 Å². The zero-order chi connectivity index (χ0) is 9.14. The van der Waals surface area contributed by atoms with Gasteiger partial charge in [-0.3, -0.25) is 0 Å². The second-order valence-electron chi connectivity index (χ2n) is 2.78. The molecule has 2 nitrogen and oxygen atoms in total. The van der Waals surface area contributed by atoms with Gasteiger partial charge in [-0.15, -0.1) is 23.7 Å². The van der Waals surface area contributed by atoms with Crippen molar-refractivity contribution in [2.24, 2.45) is 0 Å². The van der Waals surface area contributed by atoms with Gasteiger partial charge in [0, 0.05) is 25.4 Å². The molecule has 0 saturated carbocycles. The maximum absolute atomic E-state index is 5.23. The molecule has 0 spiro atoms. The van der Waals surface area contributed by atoms with Crippen molar-refractivity contribution in [2.45, 2.75) is 13.3 Å². The first-order chi connectivity index (χ1) is 5.65. The predicted molar refractivity (Wildman–Crippen MR) is 53.7 cm³/mol. The molecule has 0 amide bonds. The fraction of sp³-hybridized carbons (Fsp3) is 0.444. The maximum Gasteiger partial charge on any atom is 0.185 e. The van der Waals surface area contributed by atoms with Crippen LogP contribution in [-0.4, -0.2) is 19.1 Å². The topological polar surface area (TPSA) is 16.1 Å². The molecule has 0 saturated heterocycles. The molecule has 3 heteroatoms. The second kappa shape index (κ2) is 3.59. The van der Waals surface area contributed by atoms with Crippen LogP contribution in [0.15, 0.2) is 0 Å². The number of nitrogens with zero attached hydrogens (tertiary/aromatic N) is 2. The van der Waals surface area contributed by atoms with Crippen LogP contribution >= 0.6 is 11.3 Å². The minimum atomic E-state index is 0.692. The summed E-state index contributed by atoms with van der Waals surface area (Å²) >= 11 is 1.66. The summed E-state index contributed by atoms with van der Waals surface area (Å²) in [4.78, 5) is 7.57. The molecule has 1 aromatic rings. The molecule has 1 aromatic heterocycles. The van der Waals surface area contributed by atoms with Crippen LogP contribution < -0.4 is 4.90 Å². The van der Waals surface area contributed by atoms with Crippen molar-refractivity contribution in [1.82, 2.24) is 4.98 Å². The first-order valence-corrected chi connectivity index (χ1v) is 4.54. The third-order valence-corrected chi connectivity index (χ3v) is 2.85. The molecule has 0 fully saturated rings. The average molecular weight is 180 g/mol. The highest BCUT2D eigenvalue weighted by Gasteiger charge is 2.06. The summed E-state index contributed by atoms with van der Waals surface area (Å²) in [6.45, 7) is 2.00. The van der Waals surface area contributed by atoms with Crippen molar-refractivity contribution >= 4 is 16.5 Å². The third-order valence-electron chi connectivity index (χ3n) is 1.53. The summed E-state index contributed by atoms with van der Waals surface area (Å²) in [6.07, 6.45) is 5.92. The van der Waals surface area contributed by atoms with E-state index in [1.807, 2.05) is 25.9 Å². The van der Waals surface area contributed by atoms with Gasteiger partial charge < -0.3 is 4.90 Å². The van der Waals surface area contributed by atoms with E-state index in [0.29, 0.717) is 6.42 Å². The van der Waals surface area contributed by atoms with Crippen LogP contribution in [0.1, 0.15) is 10.6 Å². The molecule has 0 bridgehead atoms. The number of aromatic nitrogens is 1. The van der Waals surface area contributed by atoms with E-state index in [-0.39, 0.29) is 0 Å². The van der Waals surface area contributed by atoms with Gasteiger partial charge in [0.05, 0.1) is 5.69 Å². The Hall–Kier alpha value is -1.01. The molecule has 0 unspecified atom stereocenters. The molecule has 12 heavy (non-hydrogen) atoms. The number of anilines is 1. The molecule has 0 aliphatic heterocycles. The number of hydrogen-bond acceptors (Lipinski definition) is 3. The van der Waals surface area contributed by atoms with Crippen LogP contribution in [0, 0.1) is 19.3 Å². The van der Waals surface area contributed by atoms with Gasteiger partial charge in [0.1, 0.15) is 0 Å². The molecule has 1 heterocycles. The van der Waals surface area contributed by atoms with E-state index < -0.39 is 0 Å². The summed E-state index contributed by atoms with van der Waals surface area (Å²) in [5, 5.41) is 1.03. The molecule has 0 atom stereocenters. The van der Waals surface area contributed by atoms with Gasteiger partial charge in [0.15, 0.2) is 5.13 Å². The van der Waals surface area contributed by atoms with Crippen LogP contribution in [0.3, 0.4) is 0 Å². The molecule has 0 aromatic carbocycles. The highest BCUT2D eigenvalue weighted by atomic mass is 32.1. The lowest BCUT2D eigenvalue weighted by Gasteiger charge is -2.04. The molecular formula is C9H12N2S. The molecule has 1 rings (SSSR count). The lowest BCUT2D eigenvalue weighted by molar-refractivity contribution is 1.08. The van der Waals surface area contributed by atoms with Gasteiger partial charge in [-0.1, -0.05) is 0 Å². The molecule has 0 aliphatic rings. The van der Waals surface area contributed by atoms with Crippen LogP contribution in [0.25, 0.3) is 0 Å². The van der Waals surface area contributed by atoms with E-state index in [1.54, 1.807) is 11.3 Å². The molecule has 0 radical (unpaired) electrons. The molecule has 64 valence electrons. The first-order valence-electron chi connectivity index (χ1n) is 3.72. The number of rotatable bonds is 2. The Kier molecular flexibility index (Phi) is 2.72. The minimum Gasteiger partial charge on any atom is -0.354 e. The third kappa shape index (κ3) is 1.77. The molecular weight excluding hydrogens is 168 g/mol. The Balaban J connectivity index is 2.94. The van der Waals surface area contributed by atoms with Crippen molar-refractivity contribution in [1.29, 1.82) is 0 Å². The van der Waals surface area contributed by atoms with Crippen molar-refractivity contribution in [3.05, 3.63) is 10.6 Å². The number of hydrogen-bond donors (Lipinski definition) is 0. The predicted octanol–water partition coefficient (Wildman–Crippen LogP) is 1.69. The second-order valence-corrected chi connectivity index (χ2v) is 3.84.